The summed E-state index contributed by atoms with van der Waals surface area (Å²) < 4.78 is 63.4. The summed E-state index contributed by atoms with van der Waals surface area (Å²) in [5, 5.41) is 5.61. The van der Waals surface area contributed by atoms with Crippen LogP contribution in [0, 0.1) is 5.92 Å². The number of rotatable bonds is 3. The third-order valence-corrected chi connectivity index (χ3v) is 3.52. The molecule has 1 aromatic rings. The molecule has 21 heavy (non-hydrogen) atoms. The van der Waals surface area contributed by atoms with Gasteiger partial charge in [-0.3, -0.25) is 0 Å². The van der Waals surface area contributed by atoms with Crippen LogP contribution in [0.15, 0.2) is 18.3 Å². The van der Waals surface area contributed by atoms with Crippen molar-refractivity contribution in [2.45, 2.75) is 31.5 Å². The van der Waals surface area contributed by atoms with Gasteiger partial charge in [-0.2, -0.15) is 13.2 Å². The third-order valence-electron chi connectivity index (χ3n) is 3.52. The molecular weight excluding hydrogens is 293 g/mol. The first kappa shape index (κ1) is 15.9. The predicted molar refractivity (Wildman–Crippen MR) is 68.2 cm³/mol. The van der Waals surface area contributed by atoms with Crippen LogP contribution in [0.1, 0.15) is 18.9 Å². The number of hydrogen-bond acceptors (Lipinski definition) is 3. The largest absolute Gasteiger partial charge is 0.417 e. The van der Waals surface area contributed by atoms with Crippen molar-refractivity contribution in [2.75, 3.05) is 18.4 Å². The third kappa shape index (κ3) is 4.26. The maximum absolute atomic E-state index is 13.1. The highest BCUT2D eigenvalue weighted by molar-refractivity contribution is 5.36. The van der Waals surface area contributed by atoms with Crippen molar-refractivity contribution in [2.24, 2.45) is 5.92 Å². The lowest BCUT2D eigenvalue weighted by Crippen LogP contribution is -2.52. The molecule has 1 fully saturated rings. The lowest BCUT2D eigenvalue weighted by atomic mass is 9.90. The van der Waals surface area contributed by atoms with Crippen LogP contribution < -0.4 is 10.6 Å². The highest BCUT2D eigenvalue weighted by atomic mass is 19.4. The Kier molecular flexibility index (Phi) is 4.36. The van der Waals surface area contributed by atoms with Gasteiger partial charge in [0.05, 0.1) is 12.1 Å². The highest BCUT2D eigenvalue weighted by Crippen LogP contribution is 2.30. The smallest absolute Gasteiger partial charge is 0.369 e. The van der Waals surface area contributed by atoms with E-state index in [1.807, 2.05) is 0 Å². The zero-order valence-electron chi connectivity index (χ0n) is 11.3. The Bertz CT molecular complexity index is 472. The van der Waals surface area contributed by atoms with Crippen LogP contribution >= 0.6 is 0 Å². The van der Waals surface area contributed by atoms with Gasteiger partial charge in [-0.25, -0.2) is 13.8 Å². The first-order chi connectivity index (χ1) is 9.67. The Morgan fingerprint density at radius 2 is 2.10 bits per heavy atom. The Morgan fingerprint density at radius 3 is 2.62 bits per heavy atom. The van der Waals surface area contributed by atoms with Gasteiger partial charge < -0.3 is 10.6 Å². The van der Waals surface area contributed by atoms with Gasteiger partial charge in [-0.1, -0.05) is 6.92 Å². The highest BCUT2D eigenvalue weighted by Gasteiger charge is 2.39. The van der Waals surface area contributed by atoms with E-state index in [1.54, 1.807) is 6.92 Å². The summed E-state index contributed by atoms with van der Waals surface area (Å²) in [6, 6.07) is 1.99. The number of alkyl halides is 5. The zero-order chi connectivity index (χ0) is 15.7. The van der Waals surface area contributed by atoms with E-state index in [2.05, 4.69) is 15.6 Å². The molecule has 2 heterocycles. The fourth-order valence-electron chi connectivity index (χ4n) is 2.32. The van der Waals surface area contributed by atoms with Crippen LogP contribution in [0.3, 0.4) is 0 Å². The van der Waals surface area contributed by atoms with Crippen molar-refractivity contribution in [1.29, 1.82) is 0 Å². The normalized spacial score (nSPS) is 25.6. The second kappa shape index (κ2) is 5.75. The van der Waals surface area contributed by atoms with E-state index in [0.29, 0.717) is 6.54 Å². The second-order valence-corrected chi connectivity index (χ2v) is 5.34. The number of aromatic nitrogens is 1. The number of nitrogens with one attached hydrogen (secondary N) is 2. The minimum Gasteiger partial charge on any atom is -0.369 e. The van der Waals surface area contributed by atoms with Gasteiger partial charge in [0.15, 0.2) is 0 Å². The Morgan fingerprint density at radius 1 is 1.38 bits per heavy atom. The molecule has 1 unspecified atom stereocenters. The lowest BCUT2D eigenvalue weighted by molar-refractivity contribution is -0.137. The Hall–Kier alpha value is -1.44. The molecule has 0 aliphatic carbocycles. The maximum Gasteiger partial charge on any atom is 0.417 e. The average molecular weight is 309 g/mol. The number of anilines is 1. The molecule has 0 amide bonds. The van der Waals surface area contributed by atoms with E-state index in [-0.39, 0.29) is 30.7 Å². The van der Waals surface area contributed by atoms with E-state index in [4.69, 9.17) is 0 Å². The van der Waals surface area contributed by atoms with Gasteiger partial charge in [0.2, 0.25) is 0 Å². The van der Waals surface area contributed by atoms with Crippen molar-refractivity contribution in [1.82, 2.24) is 10.3 Å². The molecule has 3 nitrogen and oxygen atoms in total. The van der Waals surface area contributed by atoms with Gasteiger partial charge in [-0.05, 0) is 18.1 Å². The fraction of sp³-hybridized carbons (Fsp3) is 0.615. The molecule has 2 rings (SSSR count). The topological polar surface area (TPSA) is 37.0 Å². The summed E-state index contributed by atoms with van der Waals surface area (Å²) in [6.07, 6.45) is -3.88. The van der Waals surface area contributed by atoms with Crippen LogP contribution in [0.25, 0.3) is 0 Å². The zero-order valence-corrected chi connectivity index (χ0v) is 11.3. The Labute approximate surface area is 118 Å². The number of hydrogen-bond donors (Lipinski definition) is 2. The molecular formula is C13H16F5N3. The molecule has 0 spiro atoms. The summed E-state index contributed by atoms with van der Waals surface area (Å²) in [7, 11) is 0. The first-order valence-electron chi connectivity index (χ1n) is 6.56. The average Bonchev–Trinajstić information content (AvgIpc) is 2.36. The second-order valence-electron chi connectivity index (χ2n) is 5.34. The molecule has 118 valence electrons. The van der Waals surface area contributed by atoms with E-state index in [1.165, 1.54) is 6.07 Å². The van der Waals surface area contributed by atoms with Crippen LogP contribution in [-0.2, 0) is 6.18 Å². The van der Waals surface area contributed by atoms with E-state index in [9.17, 15) is 22.0 Å². The van der Waals surface area contributed by atoms with Crippen molar-refractivity contribution in [3.8, 4) is 0 Å². The lowest BCUT2D eigenvalue weighted by Gasteiger charge is -2.35. The molecule has 0 aromatic carbocycles. The molecule has 8 heteroatoms. The molecule has 0 bridgehead atoms. The SMILES string of the molecule is CC1CC(F)(F)CN[C@@H]1CNc1ccc(C(F)(F)F)cn1. The summed E-state index contributed by atoms with van der Waals surface area (Å²) in [4.78, 5) is 3.68. The molecule has 1 saturated heterocycles. The van der Waals surface area contributed by atoms with Gasteiger partial charge in [0.25, 0.3) is 5.92 Å². The van der Waals surface area contributed by atoms with Crippen LogP contribution in [-0.4, -0.2) is 30.0 Å². The van der Waals surface area contributed by atoms with E-state index < -0.39 is 17.7 Å². The minimum absolute atomic E-state index is 0.172. The molecule has 2 N–H and O–H groups in total. The standard InChI is InChI=1S/C13H16F5N3/c1-8-4-12(14,15)7-21-10(8)6-20-11-3-2-9(5-19-11)13(16,17)18/h2-3,5,8,10,21H,4,6-7H2,1H3,(H,19,20)/t8?,10-/m1/s1. The summed E-state index contributed by atoms with van der Waals surface area (Å²) in [5.74, 6) is -2.66. The summed E-state index contributed by atoms with van der Waals surface area (Å²) >= 11 is 0. The van der Waals surface area contributed by atoms with Crippen molar-refractivity contribution in [3.05, 3.63) is 23.9 Å². The summed E-state index contributed by atoms with van der Waals surface area (Å²) in [5.41, 5.74) is -0.822. The van der Waals surface area contributed by atoms with Crippen LogP contribution in [0.2, 0.25) is 0 Å². The fourth-order valence-corrected chi connectivity index (χ4v) is 2.32. The monoisotopic (exact) mass is 309 g/mol. The van der Waals surface area contributed by atoms with E-state index in [0.717, 1.165) is 12.3 Å². The quantitative estimate of drug-likeness (QED) is 0.842. The number of nitrogens with zero attached hydrogens (tertiary/aromatic N) is 1. The predicted octanol–water partition coefficient (Wildman–Crippen LogP) is 3.15. The molecule has 0 radical (unpaired) electrons. The maximum atomic E-state index is 13.1. The first-order valence-corrected chi connectivity index (χ1v) is 6.56. The molecule has 0 saturated carbocycles. The summed E-state index contributed by atoms with van der Waals surface area (Å²) in [6.45, 7) is 1.66. The number of pyridine rings is 1. The van der Waals surface area contributed by atoms with Crippen molar-refractivity contribution in [3.63, 3.8) is 0 Å². The number of piperidine rings is 1. The van der Waals surface area contributed by atoms with Gasteiger partial charge >= 0.3 is 6.18 Å². The molecule has 1 aliphatic heterocycles. The van der Waals surface area contributed by atoms with Crippen molar-refractivity contribution < 1.29 is 22.0 Å². The van der Waals surface area contributed by atoms with Gasteiger partial charge in [-0.15, -0.1) is 0 Å². The van der Waals surface area contributed by atoms with Crippen molar-refractivity contribution >= 4 is 5.82 Å². The van der Waals surface area contributed by atoms with Crippen LogP contribution in [0.5, 0.6) is 0 Å². The number of halogens is 5. The van der Waals surface area contributed by atoms with E-state index >= 15 is 0 Å². The molecule has 1 aromatic heterocycles. The minimum atomic E-state index is -4.42. The van der Waals surface area contributed by atoms with Crippen LogP contribution in [0.4, 0.5) is 27.8 Å². The van der Waals surface area contributed by atoms with Gasteiger partial charge in [0.1, 0.15) is 5.82 Å². The molecule has 1 aliphatic rings. The van der Waals surface area contributed by atoms with Gasteiger partial charge in [0, 0.05) is 25.2 Å². The Balaban J connectivity index is 1.89. The molecule has 2 atom stereocenters.